The van der Waals surface area contributed by atoms with Crippen LogP contribution in [0.3, 0.4) is 0 Å². The Morgan fingerprint density at radius 2 is 1.45 bits per heavy atom. The van der Waals surface area contributed by atoms with Gasteiger partial charge in [-0.05, 0) is 48.5 Å². The topological polar surface area (TPSA) is 95.2 Å². The maximum atomic E-state index is 13.2. The molecule has 3 amide bonds. The monoisotopic (exact) mass is 397 g/mol. The summed E-state index contributed by atoms with van der Waals surface area (Å²) in [5.74, 6) is -2.33. The Kier molecular flexibility index (Phi) is 5.98. The highest BCUT2D eigenvalue weighted by atomic mass is 19.2. The highest BCUT2D eigenvalue weighted by Crippen LogP contribution is 2.20. The minimum Gasteiger partial charge on any atom is -0.355 e. The van der Waals surface area contributed by atoms with Crippen LogP contribution in [0.15, 0.2) is 60.8 Å². The van der Waals surface area contributed by atoms with Gasteiger partial charge in [-0.25, -0.2) is 13.6 Å². The fourth-order valence-corrected chi connectivity index (χ4v) is 2.43. The van der Waals surface area contributed by atoms with E-state index in [2.05, 4.69) is 26.3 Å². The van der Waals surface area contributed by atoms with Crippen molar-refractivity contribution in [2.45, 2.75) is 0 Å². The number of aromatic nitrogens is 1. The third-order valence-corrected chi connectivity index (χ3v) is 3.83. The largest absolute Gasteiger partial charge is 0.355 e. The van der Waals surface area contributed by atoms with Gasteiger partial charge in [-0.2, -0.15) is 0 Å². The van der Waals surface area contributed by atoms with Gasteiger partial charge in [0.1, 0.15) is 5.69 Å². The summed E-state index contributed by atoms with van der Waals surface area (Å²) < 4.78 is 26.1. The molecule has 0 radical (unpaired) electrons. The smallest absolute Gasteiger partial charge is 0.323 e. The van der Waals surface area contributed by atoms with Crippen LogP contribution >= 0.6 is 0 Å². The molecule has 0 aliphatic heterocycles. The predicted molar refractivity (Wildman–Crippen MR) is 106 cm³/mol. The minimum absolute atomic E-state index is 0.129. The SMILES string of the molecule is CNC(=O)c1cc(Nc2ccc(NC(=O)Nc3ccc(F)c(F)c3)cc2)ccn1. The molecule has 0 unspecified atom stereocenters. The molecule has 3 rings (SSSR count). The van der Waals surface area contributed by atoms with Gasteiger partial charge in [-0.3, -0.25) is 9.78 Å². The van der Waals surface area contributed by atoms with Crippen molar-refractivity contribution in [2.75, 3.05) is 23.0 Å². The Morgan fingerprint density at radius 3 is 2.14 bits per heavy atom. The zero-order valence-electron chi connectivity index (χ0n) is 15.3. The minimum atomic E-state index is -1.05. The molecular weight excluding hydrogens is 380 g/mol. The number of nitrogens with one attached hydrogen (secondary N) is 4. The van der Waals surface area contributed by atoms with E-state index in [0.29, 0.717) is 11.4 Å². The molecule has 0 atom stereocenters. The Balaban J connectivity index is 1.60. The summed E-state index contributed by atoms with van der Waals surface area (Å²) in [6, 6.07) is 12.6. The van der Waals surface area contributed by atoms with Gasteiger partial charge in [0.05, 0.1) is 0 Å². The summed E-state index contributed by atoms with van der Waals surface area (Å²) in [5, 5.41) is 10.6. The summed E-state index contributed by atoms with van der Waals surface area (Å²) in [4.78, 5) is 27.6. The van der Waals surface area contributed by atoms with E-state index >= 15 is 0 Å². The molecule has 7 nitrogen and oxygen atoms in total. The van der Waals surface area contributed by atoms with Crippen molar-refractivity contribution in [2.24, 2.45) is 0 Å². The number of rotatable bonds is 5. The van der Waals surface area contributed by atoms with E-state index in [9.17, 15) is 18.4 Å². The molecular formula is C20H17F2N5O2. The van der Waals surface area contributed by atoms with Crippen molar-refractivity contribution in [3.8, 4) is 0 Å². The number of nitrogens with zero attached hydrogens (tertiary/aromatic N) is 1. The number of carbonyl (C=O) groups is 2. The molecule has 3 aromatic rings. The lowest BCUT2D eigenvalue weighted by Gasteiger charge is -2.10. The molecule has 0 aliphatic rings. The van der Waals surface area contributed by atoms with Crippen molar-refractivity contribution in [1.82, 2.24) is 10.3 Å². The lowest BCUT2D eigenvalue weighted by atomic mass is 10.2. The van der Waals surface area contributed by atoms with Crippen LogP contribution in [0.1, 0.15) is 10.5 Å². The second-order valence-electron chi connectivity index (χ2n) is 5.92. The van der Waals surface area contributed by atoms with E-state index < -0.39 is 17.7 Å². The molecule has 0 saturated carbocycles. The molecule has 0 spiro atoms. The standard InChI is InChI=1S/C20H17F2N5O2/c1-23-19(28)18-11-15(8-9-24-18)25-12-2-4-13(5-3-12)26-20(29)27-14-6-7-16(21)17(22)10-14/h2-11H,1H3,(H,23,28)(H,24,25)(H2,26,27,29). The maximum absolute atomic E-state index is 13.2. The highest BCUT2D eigenvalue weighted by Gasteiger charge is 2.08. The molecule has 1 heterocycles. The summed E-state index contributed by atoms with van der Waals surface area (Å²) >= 11 is 0. The lowest BCUT2D eigenvalue weighted by molar-refractivity contribution is 0.0958. The summed E-state index contributed by atoms with van der Waals surface area (Å²) in [7, 11) is 1.53. The van der Waals surface area contributed by atoms with Crippen LogP contribution in [0.2, 0.25) is 0 Å². The zero-order chi connectivity index (χ0) is 20.8. The Bertz CT molecular complexity index is 1040. The lowest BCUT2D eigenvalue weighted by Crippen LogP contribution is -2.19. The van der Waals surface area contributed by atoms with Gasteiger partial charge in [0.25, 0.3) is 5.91 Å². The number of halogens is 2. The van der Waals surface area contributed by atoms with Gasteiger partial charge in [0, 0.05) is 42.1 Å². The molecule has 0 aliphatic carbocycles. The van der Waals surface area contributed by atoms with Crippen molar-refractivity contribution in [1.29, 1.82) is 0 Å². The van der Waals surface area contributed by atoms with Crippen LogP contribution < -0.4 is 21.3 Å². The van der Waals surface area contributed by atoms with Crippen LogP contribution in [-0.4, -0.2) is 24.0 Å². The average molecular weight is 397 g/mol. The number of anilines is 4. The van der Waals surface area contributed by atoms with Crippen molar-refractivity contribution >= 4 is 34.7 Å². The van der Waals surface area contributed by atoms with Crippen LogP contribution in [0.4, 0.5) is 36.3 Å². The first kappa shape index (κ1) is 19.7. The Hall–Kier alpha value is -4.01. The molecule has 29 heavy (non-hydrogen) atoms. The van der Waals surface area contributed by atoms with Gasteiger partial charge < -0.3 is 21.3 Å². The fourth-order valence-electron chi connectivity index (χ4n) is 2.43. The average Bonchev–Trinajstić information content (AvgIpc) is 2.72. The first-order valence-electron chi connectivity index (χ1n) is 8.53. The van der Waals surface area contributed by atoms with Gasteiger partial charge in [-0.15, -0.1) is 0 Å². The second kappa shape index (κ2) is 8.79. The number of carbonyl (C=O) groups excluding carboxylic acids is 2. The van der Waals surface area contributed by atoms with Crippen LogP contribution in [0, 0.1) is 11.6 Å². The van der Waals surface area contributed by atoms with E-state index in [1.807, 2.05) is 0 Å². The molecule has 2 aromatic carbocycles. The Labute approximate surface area is 165 Å². The second-order valence-corrected chi connectivity index (χ2v) is 5.92. The third kappa shape index (κ3) is 5.25. The van der Waals surface area contributed by atoms with Crippen LogP contribution in [0.5, 0.6) is 0 Å². The van der Waals surface area contributed by atoms with E-state index in [4.69, 9.17) is 0 Å². The molecule has 4 N–H and O–H groups in total. The first-order chi connectivity index (χ1) is 13.9. The number of urea groups is 1. The summed E-state index contributed by atoms with van der Waals surface area (Å²) in [6.45, 7) is 0. The molecule has 0 bridgehead atoms. The number of amides is 3. The first-order valence-corrected chi connectivity index (χ1v) is 8.53. The number of hydrogen-bond donors (Lipinski definition) is 4. The molecule has 0 saturated heterocycles. The van der Waals surface area contributed by atoms with Gasteiger partial charge in [0.15, 0.2) is 11.6 Å². The van der Waals surface area contributed by atoms with Crippen molar-refractivity contribution in [3.05, 3.63) is 78.1 Å². The van der Waals surface area contributed by atoms with Crippen molar-refractivity contribution < 1.29 is 18.4 Å². The number of pyridine rings is 1. The predicted octanol–water partition coefficient (Wildman–Crippen LogP) is 4.11. The van der Waals surface area contributed by atoms with Gasteiger partial charge in [-0.1, -0.05) is 0 Å². The number of benzene rings is 2. The molecule has 1 aromatic heterocycles. The molecule has 148 valence electrons. The van der Waals surface area contributed by atoms with E-state index in [1.54, 1.807) is 36.4 Å². The molecule has 9 heteroatoms. The van der Waals surface area contributed by atoms with E-state index in [1.165, 1.54) is 19.3 Å². The normalized spacial score (nSPS) is 10.2. The molecule has 0 fully saturated rings. The van der Waals surface area contributed by atoms with Crippen molar-refractivity contribution in [3.63, 3.8) is 0 Å². The summed E-state index contributed by atoms with van der Waals surface area (Å²) in [5.41, 5.74) is 2.31. The number of hydrogen-bond acceptors (Lipinski definition) is 4. The quantitative estimate of drug-likeness (QED) is 0.521. The zero-order valence-corrected chi connectivity index (χ0v) is 15.3. The fraction of sp³-hybridized carbons (Fsp3) is 0.0500. The van der Waals surface area contributed by atoms with Gasteiger partial charge in [0.2, 0.25) is 0 Å². The highest BCUT2D eigenvalue weighted by molar-refractivity contribution is 5.99. The maximum Gasteiger partial charge on any atom is 0.323 e. The van der Waals surface area contributed by atoms with Gasteiger partial charge >= 0.3 is 6.03 Å². The van der Waals surface area contributed by atoms with E-state index in [0.717, 1.165) is 17.8 Å². The Morgan fingerprint density at radius 1 is 0.793 bits per heavy atom. The van der Waals surface area contributed by atoms with Crippen LogP contribution in [-0.2, 0) is 0 Å². The summed E-state index contributed by atoms with van der Waals surface area (Å²) in [6.07, 6.45) is 1.52. The van der Waals surface area contributed by atoms with Crippen LogP contribution in [0.25, 0.3) is 0 Å². The van der Waals surface area contributed by atoms with E-state index in [-0.39, 0.29) is 17.3 Å². The third-order valence-electron chi connectivity index (χ3n) is 3.83.